The van der Waals surface area contributed by atoms with Gasteiger partial charge in [0, 0.05) is 13.1 Å². The van der Waals surface area contributed by atoms with Crippen LogP contribution in [0.1, 0.15) is 0 Å². The fourth-order valence-electron chi connectivity index (χ4n) is 1.25. The number of aliphatic hydroxyl groups is 6. The monoisotopic (exact) mass is 239 g/mol. The zero-order valence-corrected chi connectivity index (χ0v) is 9.27. The highest BCUT2D eigenvalue weighted by Gasteiger charge is 2.30. The normalized spacial score (nSPS) is 19.5. The Labute approximate surface area is 94.2 Å². The van der Waals surface area contributed by atoms with Gasteiger partial charge in [-0.2, -0.15) is 0 Å². The van der Waals surface area contributed by atoms with Gasteiger partial charge in [-0.1, -0.05) is 0 Å². The average Bonchev–Trinajstić information content (AvgIpc) is 2.26. The third kappa shape index (κ3) is 5.17. The quantitative estimate of drug-likeness (QED) is 0.258. The van der Waals surface area contributed by atoms with Crippen LogP contribution >= 0.6 is 0 Å². The second-order valence-electron chi connectivity index (χ2n) is 3.78. The lowest BCUT2D eigenvalue weighted by molar-refractivity contribution is -0.118. The molecule has 7 nitrogen and oxygen atoms in total. The Morgan fingerprint density at radius 2 is 1.44 bits per heavy atom. The number of hydrogen-bond acceptors (Lipinski definition) is 7. The van der Waals surface area contributed by atoms with Crippen molar-refractivity contribution in [2.75, 3.05) is 33.4 Å². The maximum Gasteiger partial charge on any atom is 0.111 e. The van der Waals surface area contributed by atoms with Crippen LogP contribution in [-0.4, -0.2) is 93.3 Å². The molecule has 0 rings (SSSR count). The highest BCUT2D eigenvalue weighted by molar-refractivity contribution is 4.81. The van der Waals surface area contributed by atoms with Gasteiger partial charge in [0.1, 0.15) is 18.3 Å². The molecule has 0 saturated carbocycles. The lowest BCUT2D eigenvalue weighted by atomic mass is 10.0. The smallest absolute Gasteiger partial charge is 0.111 e. The molecule has 0 heterocycles. The van der Waals surface area contributed by atoms with Crippen LogP contribution < -0.4 is 0 Å². The topological polar surface area (TPSA) is 125 Å². The highest BCUT2D eigenvalue weighted by atomic mass is 16.4. The summed E-state index contributed by atoms with van der Waals surface area (Å²) in [6, 6.07) is 0. The Hall–Kier alpha value is -0.280. The summed E-state index contributed by atoms with van der Waals surface area (Å²) < 4.78 is 0. The van der Waals surface area contributed by atoms with Crippen molar-refractivity contribution in [3.05, 3.63) is 0 Å². The van der Waals surface area contributed by atoms with E-state index in [2.05, 4.69) is 0 Å². The molecule has 16 heavy (non-hydrogen) atoms. The summed E-state index contributed by atoms with van der Waals surface area (Å²) in [6.07, 6.45) is -5.92. The molecule has 4 atom stereocenters. The molecule has 98 valence electrons. The highest BCUT2D eigenvalue weighted by Crippen LogP contribution is 2.06. The molecule has 0 radical (unpaired) electrons. The van der Waals surface area contributed by atoms with E-state index >= 15 is 0 Å². The molecule has 0 amide bonds. The van der Waals surface area contributed by atoms with Crippen molar-refractivity contribution in [2.24, 2.45) is 0 Å². The molecule has 6 N–H and O–H groups in total. The van der Waals surface area contributed by atoms with Gasteiger partial charge >= 0.3 is 0 Å². The van der Waals surface area contributed by atoms with Crippen molar-refractivity contribution < 1.29 is 30.6 Å². The molecule has 0 spiro atoms. The number of likely N-dealkylation sites (N-methyl/N-ethyl adjacent to an activating group) is 1. The van der Waals surface area contributed by atoms with E-state index < -0.39 is 31.0 Å². The van der Waals surface area contributed by atoms with Crippen molar-refractivity contribution in [3.63, 3.8) is 0 Å². The predicted octanol–water partition coefficient (Wildman–Crippen LogP) is -3.65. The summed E-state index contributed by atoms with van der Waals surface area (Å²) in [6.45, 7) is -0.419. The maximum atomic E-state index is 9.50. The number of hydrogen-bond donors (Lipinski definition) is 6. The van der Waals surface area contributed by atoms with E-state index in [4.69, 9.17) is 15.3 Å². The third-order valence-electron chi connectivity index (χ3n) is 2.31. The van der Waals surface area contributed by atoms with E-state index in [-0.39, 0.29) is 13.2 Å². The largest absolute Gasteiger partial charge is 0.395 e. The van der Waals surface area contributed by atoms with Crippen LogP contribution in [-0.2, 0) is 0 Å². The summed E-state index contributed by atoms with van der Waals surface area (Å²) in [4.78, 5) is 1.56. The van der Waals surface area contributed by atoms with Gasteiger partial charge in [-0.3, -0.25) is 0 Å². The van der Waals surface area contributed by atoms with Crippen molar-refractivity contribution in [1.29, 1.82) is 0 Å². The molecule has 7 heteroatoms. The van der Waals surface area contributed by atoms with E-state index in [1.165, 1.54) is 0 Å². The van der Waals surface area contributed by atoms with Crippen LogP contribution in [0.3, 0.4) is 0 Å². The molecule has 0 aliphatic heterocycles. The molecule has 0 aromatic heterocycles. The van der Waals surface area contributed by atoms with Crippen molar-refractivity contribution in [2.45, 2.75) is 24.4 Å². The van der Waals surface area contributed by atoms with Crippen molar-refractivity contribution in [1.82, 2.24) is 4.90 Å². The van der Waals surface area contributed by atoms with Crippen LogP contribution in [0, 0.1) is 0 Å². The minimum absolute atomic E-state index is 0.0386. The molecule has 0 aromatic carbocycles. The van der Waals surface area contributed by atoms with Gasteiger partial charge in [0.25, 0.3) is 0 Å². The van der Waals surface area contributed by atoms with E-state index in [1.54, 1.807) is 11.9 Å². The van der Waals surface area contributed by atoms with Gasteiger partial charge in [-0.05, 0) is 7.05 Å². The predicted molar refractivity (Wildman–Crippen MR) is 55.7 cm³/mol. The van der Waals surface area contributed by atoms with Gasteiger partial charge in [-0.15, -0.1) is 0 Å². The van der Waals surface area contributed by atoms with Crippen molar-refractivity contribution in [3.8, 4) is 0 Å². The third-order valence-corrected chi connectivity index (χ3v) is 2.31. The molecule has 0 saturated heterocycles. The van der Waals surface area contributed by atoms with E-state index in [1.807, 2.05) is 0 Å². The van der Waals surface area contributed by atoms with Crippen LogP contribution in [0.4, 0.5) is 0 Å². The molecular formula is C9H21NO6. The zero-order valence-electron chi connectivity index (χ0n) is 9.27. The number of aliphatic hydroxyl groups excluding tert-OH is 6. The first-order valence-corrected chi connectivity index (χ1v) is 5.06. The van der Waals surface area contributed by atoms with E-state index in [0.717, 1.165) is 0 Å². The fraction of sp³-hybridized carbons (Fsp3) is 1.00. The SMILES string of the molecule is CN(CCO)C[C@H](O)[C@@H](O)[C@H](O)[C@H](O)CO. The molecular weight excluding hydrogens is 218 g/mol. The fourth-order valence-corrected chi connectivity index (χ4v) is 1.25. The second kappa shape index (κ2) is 7.91. The van der Waals surface area contributed by atoms with Crippen LogP contribution in [0.25, 0.3) is 0 Å². The van der Waals surface area contributed by atoms with Gasteiger partial charge in [0.05, 0.1) is 19.3 Å². The standard InChI is InChI=1S/C9H21NO6/c1-10(2-3-11)4-6(13)8(15)9(16)7(14)5-12/h6-9,11-16H,2-5H2,1H3/t6-,7+,8+,9+/m0/s1. The lowest BCUT2D eigenvalue weighted by Gasteiger charge is -2.28. The van der Waals surface area contributed by atoms with Gasteiger partial charge < -0.3 is 35.5 Å². The molecule has 0 unspecified atom stereocenters. The molecule has 0 aliphatic rings. The maximum absolute atomic E-state index is 9.50. The molecule has 0 aliphatic carbocycles. The first-order valence-electron chi connectivity index (χ1n) is 5.06. The zero-order chi connectivity index (χ0) is 12.7. The summed E-state index contributed by atoms with van der Waals surface area (Å²) in [5.41, 5.74) is 0. The Kier molecular flexibility index (Phi) is 7.77. The van der Waals surface area contributed by atoms with Crippen molar-refractivity contribution >= 4 is 0 Å². The van der Waals surface area contributed by atoms with E-state index in [0.29, 0.717) is 6.54 Å². The Balaban J connectivity index is 4.11. The van der Waals surface area contributed by atoms with Crippen LogP contribution in [0.5, 0.6) is 0 Å². The summed E-state index contributed by atoms with van der Waals surface area (Å²) >= 11 is 0. The average molecular weight is 239 g/mol. The van der Waals surface area contributed by atoms with Gasteiger partial charge in [0.2, 0.25) is 0 Å². The first kappa shape index (κ1) is 15.7. The molecule has 0 bridgehead atoms. The van der Waals surface area contributed by atoms with Gasteiger partial charge in [0.15, 0.2) is 0 Å². The van der Waals surface area contributed by atoms with E-state index in [9.17, 15) is 15.3 Å². The van der Waals surface area contributed by atoms with Gasteiger partial charge in [-0.25, -0.2) is 0 Å². The Morgan fingerprint density at radius 3 is 1.88 bits per heavy atom. The molecule has 0 fully saturated rings. The minimum atomic E-state index is -1.61. The first-order chi connectivity index (χ1) is 7.43. The summed E-state index contributed by atoms with van der Waals surface area (Å²) in [5.74, 6) is 0. The van der Waals surface area contributed by atoms with Crippen LogP contribution in [0.15, 0.2) is 0 Å². The number of rotatable bonds is 8. The number of nitrogens with zero attached hydrogens (tertiary/aromatic N) is 1. The summed E-state index contributed by atoms with van der Waals surface area (Å²) in [7, 11) is 1.63. The lowest BCUT2D eigenvalue weighted by Crippen LogP contribution is -2.49. The second-order valence-corrected chi connectivity index (χ2v) is 3.78. The molecule has 0 aromatic rings. The van der Waals surface area contributed by atoms with Crippen LogP contribution in [0.2, 0.25) is 0 Å². The Bertz CT molecular complexity index is 181. The summed E-state index contributed by atoms with van der Waals surface area (Å²) in [5, 5.41) is 54.5. The Morgan fingerprint density at radius 1 is 0.938 bits per heavy atom. The minimum Gasteiger partial charge on any atom is -0.395 e.